The molecule has 2 aromatic carbocycles. The van der Waals surface area contributed by atoms with Crippen LogP contribution in [-0.2, 0) is 16.7 Å². The summed E-state index contributed by atoms with van der Waals surface area (Å²) in [5.41, 5.74) is -0.241. The van der Waals surface area contributed by atoms with Crippen molar-refractivity contribution in [3.8, 4) is 5.75 Å². The van der Waals surface area contributed by atoms with Crippen LogP contribution in [-0.4, -0.2) is 35.7 Å². The fraction of sp³-hybridized carbons (Fsp3) is 0.333. The maximum absolute atomic E-state index is 14.9. The van der Waals surface area contributed by atoms with Crippen LogP contribution < -0.4 is 10.1 Å². The summed E-state index contributed by atoms with van der Waals surface area (Å²) in [6.07, 6.45) is -4.87. The van der Waals surface area contributed by atoms with E-state index in [9.17, 15) is 22.0 Å². The number of hydrogen-bond donors (Lipinski definition) is 1. The number of ether oxygens (including phenoxy) is 2. The van der Waals surface area contributed by atoms with E-state index in [1.165, 1.54) is 6.20 Å². The number of rotatable bonds is 8. The average molecular weight is 552 g/mol. The Morgan fingerprint density at radius 2 is 1.87 bits per heavy atom. The lowest BCUT2D eigenvalue weighted by Gasteiger charge is -2.36. The zero-order valence-electron chi connectivity index (χ0n) is 19.9. The maximum Gasteiger partial charge on any atom is 0.461 e. The molecule has 1 saturated carbocycles. The van der Waals surface area contributed by atoms with Crippen molar-refractivity contribution >= 4 is 17.6 Å². The minimum absolute atomic E-state index is 0.0405. The van der Waals surface area contributed by atoms with Crippen molar-refractivity contribution in [3.05, 3.63) is 94.5 Å². The van der Waals surface area contributed by atoms with Crippen LogP contribution in [0.4, 0.5) is 22.0 Å². The quantitative estimate of drug-likeness (QED) is 0.325. The molecule has 3 atom stereocenters. The van der Waals surface area contributed by atoms with Gasteiger partial charge in [0.05, 0.1) is 16.8 Å². The van der Waals surface area contributed by atoms with Crippen molar-refractivity contribution < 1.29 is 31.4 Å². The molecule has 1 aliphatic carbocycles. The Balaban J connectivity index is 1.67. The maximum atomic E-state index is 14.9. The van der Waals surface area contributed by atoms with E-state index in [1.54, 1.807) is 12.1 Å². The lowest BCUT2D eigenvalue weighted by Crippen LogP contribution is -2.49. The molecular weight excluding hydrogens is 529 g/mol. The summed E-state index contributed by atoms with van der Waals surface area (Å²) in [4.78, 5) is 9.12. The standard InChI is InChI=1S/C27H23ClF5N3O2/c28-18-9-10-23(34-15-18)26(14-16-5-2-1-3-6-16,36-25-35-21-7-4-8-22(21)37-25)17-11-19(29)13-20(12-17)38-27(32,33)24(30)31/h1-3,5-6,9-13,15,21-22,24H,4,7-8,14H2,(H,35,36)/t21?,22-,26-/m0/s1. The van der Waals surface area contributed by atoms with Crippen molar-refractivity contribution in [3.63, 3.8) is 0 Å². The molecule has 0 amide bonds. The Morgan fingerprint density at radius 1 is 1.08 bits per heavy atom. The second-order valence-electron chi connectivity index (χ2n) is 9.28. The number of hydrogen-bond acceptors (Lipinski definition) is 5. The summed E-state index contributed by atoms with van der Waals surface area (Å²) in [7, 11) is 0. The molecule has 1 unspecified atom stereocenters. The van der Waals surface area contributed by atoms with Crippen molar-refractivity contribution in [1.29, 1.82) is 0 Å². The number of fused-ring (bicyclic) bond motifs is 1. The summed E-state index contributed by atoms with van der Waals surface area (Å²) in [5, 5.41) is 3.60. The van der Waals surface area contributed by atoms with Crippen molar-refractivity contribution in [2.75, 3.05) is 0 Å². The number of aliphatic imine (C=N–C) groups is 1. The number of benzene rings is 2. The number of aromatic nitrogens is 1. The molecule has 2 heterocycles. The second-order valence-corrected chi connectivity index (χ2v) is 9.72. The van der Waals surface area contributed by atoms with E-state index in [-0.39, 0.29) is 30.2 Å². The van der Waals surface area contributed by atoms with Crippen LogP contribution in [0, 0.1) is 5.82 Å². The van der Waals surface area contributed by atoms with Crippen molar-refractivity contribution in [1.82, 2.24) is 10.3 Å². The first-order valence-corrected chi connectivity index (χ1v) is 12.4. The molecule has 200 valence electrons. The molecule has 0 bridgehead atoms. The van der Waals surface area contributed by atoms with Gasteiger partial charge in [0, 0.05) is 18.7 Å². The summed E-state index contributed by atoms with van der Waals surface area (Å²) in [5.74, 6) is -1.74. The van der Waals surface area contributed by atoms with Crippen LogP contribution in [0.5, 0.6) is 5.75 Å². The highest BCUT2D eigenvalue weighted by atomic mass is 35.5. The number of nitrogens with zero attached hydrogens (tertiary/aromatic N) is 2. The predicted molar refractivity (Wildman–Crippen MR) is 131 cm³/mol. The zero-order valence-corrected chi connectivity index (χ0v) is 20.6. The van der Waals surface area contributed by atoms with Crippen LogP contribution >= 0.6 is 11.6 Å². The third kappa shape index (κ3) is 5.41. The van der Waals surface area contributed by atoms with E-state index < -0.39 is 29.6 Å². The van der Waals surface area contributed by atoms with Gasteiger partial charge in [0.25, 0.3) is 6.02 Å². The topological polar surface area (TPSA) is 55.7 Å². The van der Waals surface area contributed by atoms with Gasteiger partial charge in [0.2, 0.25) is 0 Å². The zero-order chi connectivity index (χ0) is 26.9. The fourth-order valence-electron chi connectivity index (χ4n) is 4.88. The third-order valence-electron chi connectivity index (χ3n) is 6.63. The second kappa shape index (κ2) is 10.4. The lowest BCUT2D eigenvalue weighted by atomic mass is 9.80. The first-order valence-electron chi connectivity index (χ1n) is 12.0. The van der Waals surface area contributed by atoms with Gasteiger partial charge in [-0.15, -0.1) is 0 Å². The van der Waals surface area contributed by atoms with Gasteiger partial charge in [-0.1, -0.05) is 41.9 Å². The van der Waals surface area contributed by atoms with Gasteiger partial charge in [0.1, 0.15) is 23.2 Å². The van der Waals surface area contributed by atoms with E-state index in [1.807, 2.05) is 30.3 Å². The highest BCUT2D eigenvalue weighted by Gasteiger charge is 2.46. The van der Waals surface area contributed by atoms with Gasteiger partial charge in [-0.25, -0.2) is 9.38 Å². The summed E-state index contributed by atoms with van der Waals surface area (Å²) >= 11 is 6.09. The van der Waals surface area contributed by atoms with Crippen LogP contribution in [0.15, 0.2) is 71.9 Å². The van der Waals surface area contributed by atoms with Gasteiger partial charge in [0.15, 0.2) is 0 Å². The molecular formula is C27H23ClF5N3O2. The molecule has 1 fully saturated rings. The Bertz CT molecular complexity index is 1310. The first-order chi connectivity index (χ1) is 18.1. The highest BCUT2D eigenvalue weighted by molar-refractivity contribution is 6.30. The van der Waals surface area contributed by atoms with Gasteiger partial charge in [-0.05, 0) is 54.7 Å². The van der Waals surface area contributed by atoms with Gasteiger partial charge >= 0.3 is 12.5 Å². The molecule has 2 aliphatic rings. The van der Waals surface area contributed by atoms with Crippen molar-refractivity contribution in [2.45, 2.75) is 55.9 Å². The van der Waals surface area contributed by atoms with Crippen molar-refractivity contribution in [2.24, 2.45) is 4.99 Å². The Kier molecular flexibility index (Phi) is 7.17. The third-order valence-corrected chi connectivity index (χ3v) is 6.86. The number of pyridine rings is 1. The molecule has 1 aliphatic heterocycles. The highest BCUT2D eigenvalue weighted by Crippen LogP contribution is 2.38. The predicted octanol–water partition coefficient (Wildman–Crippen LogP) is 6.49. The summed E-state index contributed by atoms with van der Waals surface area (Å²) in [6.45, 7) is 0. The molecule has 5 nitrogen and oxygen atoms in total. The molecule has 38 heavy (non-hydrogen) atoms. The van der Waals surface area contributed by atoms with Gasteiger partial charge in [-0.3, -0.25) is 4.98 Å². The van der Waals surface area contributed by atoms with Crippen LogP contribution in [0.25, 0.3) is 0 Å². The number of alkyl halides is 4. The molecule has 5 rings (SSSR count). The molecule has 1 aromatic heterocycles. The molecule has 11 heteroatoms. The van der Waals surface area contributed by atoms with Gasteiger partial charge < -0.3 is 14.8 Å². The fourth-order valence-corrected chi connectivity index (χ4v) is 4.99. The summed E-state index contributed by atoms with van der Waals surface area (Å²) in [6, 6.07) is 15.3. The number of amidine groups is 1. The number of nitrogens with one attached hydrogen (secondary N) is 1. The monoisotopic (exact) mass is 551 g/mol. The van der Waals surface area contributed by atoms with Crippen LogP contribution in [0.1, 0.15) is 36.1 Å². The largest absolute Gasteiger partial charge is 0.461 e. The van der Waals surface area contributed by atoms with Crippen LogP contribution in [0.2, 0.25) is 5.02 Å². The van der Waals surface area contributed by atoms with Crippen LogP contribution in [0.3, 0.4) is 0 Å². The number of halogens is 6. The minimum atomic E-state index is -4.82. The molecule has 0 spiro atoms. The average Bonchev–Trinajstić information content (AvgIpc) is 3.46. The minimum Gasteiger partial charge on any atom is -0.460 e. The van der Waals surface area contributed by atoms with E-state index >= 15 is 0 Å². The molecule has 0 saturated heterocycles. The van der Waals surface area contributed by atoms with E-state index in [2.05, 4.69) is 20.0 Å². The van der Waals surface area contributed by atoms with E-state index in [0.717, 1.165) is 37.0 Å². The van der Waals surface area contributed by atoms with E-state index in [4.69, 9.17) is 16.3 Å². The summed E-state index contributed by atoms with van der Waals surface area (Å²) < 4.78 is 78.6. The Morgan fingerprint density at radius 3 is 2.55 bits per heavy atom. The molecule has 3 aromatic rings. The Hall–Kier alpha value is -3.40. The normalized spacial score (nSPS) is 20.4. The molecule has 1 N–H and O–H groups in total. The smallest absolute Gasteiger partial charge is 0.460 e. The Labute approximate surface area is 220 Å². The van der Waals surface area contributed by atoms with Gasteiger partial charge in [-0.2, -0.15) is 17.6 Å². The SMILES string of the molecule is Fc1cc(OC(F)(F)C(F)F)cc([C@](Cc2ccccc2)(NC2=NC3CCC[C@@H]3O2)c2ccc(Cl)cn2)c1. The lowest BCUT2D eigenvalue weighted by molar-refractivity contribution is -0.253. The first kappa shape index (κ1) is 26.2. The molecule has 0 radical (unpaired) electrons. The van der Waals surface area contributed by atoms with E-state index in [0.29, 0.717) is 16.8 Å².